The quantitative estimate of drug-likeness (QED) is 0.785. The number of rotatable bonds is 4. The predicted octanol–water partition coefficient (Wildman–Crippen LogP) is 1.27. The zero-order valence-electron chi connectivity index (χ0n) is 12.2. The molecular formula is C14H17BrClN3O3. The number of likely N-dealkylation sites (N-methyl/N-ethyl adjacent to an activating group) is 1. The van der Waals surface area contributed by atoms with Crippen LogP contribution in [-0.2, 0) is 4.79 Å². The molecule has 3 amide bonds. The maximum atomic E-state index is 12.2. The molecule has 0 aromatic heterocycles. The van der Waals surface area contributed by atoms with E-state index in [1.165, 1.54) is 4.90 Å². The molecule has 1 aliphatic heterocycles. The molecule has 0 saturated heterocycles. The van der Waals surface area contributed by atoms with Crippen LogP contribution in [0.15, 0.2) is 22.7 Å². The second-order valence-electron chi connectivity index (χ2n) is 4.98. The van der Waals surface area contributed by atoms with Gasteiger partial charge in [-0.2, -0.15) is 0 Å². The highest BCUT2D eigenvalue weighted by Crippen LogP contribution is 2.25. The topological polar surface area (TPSA) is 83.7 Å². The van der Waals surface area contributed by atoms with Gasteiger partial charge in [-0.15, -0.1) is 12.4 Å². The first-order valence-electron chi connectivity index (χ1n) is 6.48. The van der Waals surface area contributed by atoms with Gasteiger partial charge in [0.1, 0.15) is 6.54 Å². The van der Waals surface area contributed by atoms with Crippen molar-refractivity contribution in [2.75, 3.05) is 20.1 Å². The summed E-state index contributed by atoms with van der Waals surface area (Å²) >= 11 is 3.26. The number of nitrogens with zero attached hydrogens (tertiary/aromatic N) is 2. The van der Waals surface area contributed by atoms with Crippen molar-refractivity contribution in [2.45, 2.75) is 13.0 Å². The maximum absolute atomic E-state index is 12.2. The molecule has 0 saturated carbocycles. The number of hydrogen-bond acceptors (Lipinski definition) is 4. The molecule has 1 aromatic carbocycles. The summed E-state index contributed by atoms with van der Waals surface area (Å²) < 4.78 is 0.712. The fourth-order valence-corrected chi connectivity index (χ4v) is 2.42. The smallest absolute Gasteiger partial charge is 0.262 e. The van der Waals surface area contributed by atoms with Crippen molar-refractivity contribution < 1.29 is 14.4 Å². The fourth-order valence-electron chi connectivity index (χ4n) is 2.06. The normalized spacial score (nSPS) is 14.5. The summed E-state index contributed by atoms with van der Waals surface area (Å²) in [5.41, 5.74) is 6.15. The first-order chi connectivity index (χ1) is 9.86. The van der Waals surface area contributed by atoms with Crippen molar-refractivity contribution in [3.63, 3.8) is 0 Å². The van der Waals surface area contributed by atoms with Crippen LogP contribution in [-0.4, -0.2) is 53.7 Å². The lowest BCUT2D eigenvalue weighted by Crippen LogP contribution is -2.46. The second kappa shape index (κ2) is 7.21. The van der Waals surface area contributed by atoms with E-state index in [1.54, 1.807) is 32.2 Å². The molecule has 2 N–H and O–H groups in total. The summed E-state index contributed by atoms with van der Waals surface area (Å²) in [5.74, 6) is -1.20. The van der Waals surface area contributed by atoms with E-state index in [0.29, 0.717) is 22.1 Å². The highest BCUT2D eigenvalue weighted by atomic mass is 79.9. The molecule has 8 heteroatoms. The van der Waals surface area contributed by atoms with Crippen LogP contribution in [0.2, 0.25) is 0 Å². The number of carbonyl (C=O) groups excluding carboxylic acids is 3. The van der Waals surface area contributed by atoms with Crippen LogP contribution in [0.5, 0.6) is 0 Å². The van der Waals surface area contributed by atoms with Crippen LogP contribution in [0.25, 0.3) is 0 Å². The van der Waals surface area contributed by atoms with Crippen LogP contribution < -0.4 is 5.73 Å². The van der Waals surface area contributed by atoms with Crippen molar-refractivity contribution >= 4 is 46.1 Å². The van der Waals surface area contributed by atoms with Crippen molar-refractivity contribution in [1.29, 1.82) is 0 Å². The monoisotopic (exact) mass is 389 g/mol. The number of benzene rings is 1. The Morgan fingerprint density at radius 2 is 1.91 bits per heavy atom. The Kier molecular flexibility index (Phi) is 6.10. The highest BCUT2D eigenvalue weighted by Gasteiger charge is 2.37. The van der Waals surface area contributed by atoms with E-state index in [-0.39, 0.29) is 30.9 Å². The minimum atomic E-state index is -0.446. The molecule has 0 radical (unpaired) electrons. The van der Waals surface area contributed by atoms with Gasteiger partial charge in [0.15, 0.2) is 0 Å². The van der Waals surface area contributed by atoms with Crippen LogP contribution in [0.3, 0.4) is 0 Å². The minimum absolute atomic E-state index is 0. The molecule has 22 heavy (non-hydrogen) atoms. The molecule has 1 unspecified atom stereocenters. The van der Waals surface area contributed by atoms with Crippen molar-refractivity contribution in [2.24, 2.45) is 5.73 Å². The number of hydrogen-bond donors (Lipinski definition) is 1. The Morgan fingerprint density at radius 1 is 1.32 bits per heavy atom. The number of imide groups is 1. The van der Waals surface area contributed by atoms with Crippen LogP contribution >= 0.6 is 28.3 Å². The molecular weight excluding hydrogens is 374 g/mol. The maximum Gasteiger partial charge on any atom is 0.262 e. The lowest BCUT2D eigenvalue weighted by atomic mass is 10.1. The third-order valence-electron chi connectivity index (χ3n) is 3.62. The summed E-state index contributed by atoms with van der Waals surface area (Å²) in [6, 6.07) is 4.71. The molecule has 1 aromatic rings. The van der Waals surface area contributed by atoms with E-state index in [2.05, 4.69) is 15.9 Å². The Hall–Kier alpha value is -1.44. The summed E-state index contributed by atoms with van der Waals surface area (Å²) in [5, 5.41) is 0. The van der Waals surface area contributed by atoms with E-state index >= 15 is 0 Å². The third-order valence-corrected chi connectivity index (χ3v) is 4.12. The molecule has 1 aliphatic rings. The molecule has 0 spiro atoms. The summed E-state index contributed by atoms with van der Waals surface area (Å²) in [6.07, 6.45) is 0. The molecule has 1 heterocycles. The zero-order valence-corrected chi connectivity index (χ0v) is 14.6. The third kappa shape index (κ3) is 3.31. The van der Waals surface area contributed by atoms with Gasteiger partial charge in [-0.05, 0) is 25.1 Å². The largest absolute Gasteiger partial charge is 0.340 e. The summed E-state index contributed by atoms with van der Waals surface area (Å²) in [4.78, 5) is 39.0. The molecule has 1 atom stereocenters. The average Bonchev–Trinajstić information content (AvgIpc) is 2.70. The van der Waals surface area contributed by atoms with Gasteiger partial charge >= 0.3 is 0 Å². The first kappa shape index (κ1) is 18.6. The first-order valence-corrected chi connectivity index (χ1v) is 7.27. The summed E-state index contributed by atoms with van der Waals surface area (Å²) in [6.45, 7) is 1.85. The average molecular weight is 391 g/mol. The lowest BCUT2D eigenvalue weighted by Gasteiger charge is -2.25. The predicted molar refractivity (Wildman–Crippen MR) is 88.0 cm³/mol. The SMILES string of the molecule is CC(CN)N(C)C(=O)CN1C(=O)c2ccc(Br)cc2C1=O.Cl. The molecule has 120 valence electrons. The second-order valence-corrected chi connectivity index (χ2v) is 5.89. The zero-order chi connectivity index (χ0) is 15.7. The number of amides is 3. The van der Waals surface area contributed by atoms with E-state index < -0.39 is 11.8 Å². The van der Waals surface area contributed by atoms with Crippen molar-refractivity contribution in [3.05, 3.63) is 33.8 Å². The lowest BCUT2D eigenvalue weighted by molar-refractivity contribution is -0.131. The Morgan fingerprint density at radius 3 is 2.50 bits per heavy atom. The number of nitrogens with two attached hydrogens (primary N) is 1. The molecule has 0 fully saturated rings. The van der Waals surface area contributed by atoms with Gasteiger partial charge in [-0.25, -0.2) is 0 Å². The minimum Gasteiger partial charge on any atom is -0.340 e. The molecule has 2 rings (SSSR count). The van der Waals surface area contributed by atoms with E-state index in [9.17, 15) is 14.4 Å². The van der Waals surface area contributed by atoms with E-state index in [0.717, 1.165) is 4.90 Å². The van der Waals surface area contributed by atoms with Gasteiger partial charge in [0.05, 0.1) is 11.1 Å². The molecule has 6 nitrogen and oxygen atoms in total. The van der Waals surface area contributed by atoms with Gasteiger partial charge in [0, 0.05) is 24.1 Å². The number of halogens is 2. The van der Waals surface area contributed by atoms with Gasteiger partial charge in [-0.1, -0.05) is 15.9 Å². The summed E-state index contributed by atoms with van der Waals surface area (Å²) in [7, 11) is 1.61. The standard InChI is InChI=1S/C14H16BrN3O3.ClH/c1-8(6-16)17(2)12(19)7-18-13(20)10-4-3-9(15)5-11(10)14(18)21;/h3-5,8H,6-7,16H2,1-2H3;1H. The van der Waals surface area contributed by atoms with Crippen LogP contribution in [0.4, 0.5) is 0 Å². The van der Waals surface area contributed by atoms with E-state index in [4.69, 9.17) is 5.73 Å². The Bertz CT molecular complexity index is 623. The number of fused-ring (bicyclic) bond motifs is 1. The fraction of sp³-hybridized carbons (Fsp3) is 0.357. The Labute approximate surface area is 143 Å². The van der Waals surface area contributed by atoms with Crippen LogP contribution in [0, 0.1) is 0 Å². The number of carbonyl (C=O) groups is 3. The van der Waals surface area contributed by atoms with Crippen LogP contribution in [0.1, 0.15) is 27.6 Å². The Balaban J connectivity index is 0.00000242. The van der Waals surface area contributed by atoms with Gasteiger partial charge in [0.2, 0.25) is 5.91 Å². The van der Waals surface area contributed by atoms with Gasteiger partial charge < -0.3 is 10.6 Å². The highest BCUT2D eigenvalue weighted by molar-refractivity contribution is 9.10. The van der Waals surface area contributed by atoms with Crippen molar-refractivity contribution in [1.82, 2.24) is 9.80 Å². The van der Waals surface area contributed by atoms with Crippen molar-refractivity contribution in [3.8, 4) is 0 Å². The van der Waals surface area contributed by atoms with E-state index in [1.807, 2.05) is 0 Å². The van der Waals surface area contributed by atoms with Gasteiger partial charge in [0.25, 0.3) is 11.8 Å². The molecule has 0 aliphatic carbocycles. The molecule has 0 bridgehead atoms. The van der Waals surface area contributed by atoms with Gasteiger partial charge in [-0.3, -0.25) is 19.3 Å².